The number of hydrogen-bond donors (Lipinski definition) is 1. The van der Waals surface area contributed by atoms with Gasteiger partial charge in [0.15, 0.2) is 5.96 Å². The molecule has 2 aromatic rings. The Bertz CT molecular complexity index is 652. The third-order valence-electron chi connectivity index (χ3n) is 3.47. The number of ether oxygens (including phenoxy) is 1. The Morgan fingerprint density at radius 2 is 2.17 bits per heavy atom. The van der Waals surface area contributed by atoms with E-state index in [-0.39, 0.29) is 0 Å². The van der Waals surface area contributed by atoms with E-state index in [1.165, 1.54) is 6.33 Å². The van der Waals surface area contributed by atoms with E-state index in [1.54, 1.807) is 11.8 Å². The molecule has 2 rings (SSSR count). The Morgan fingerprint density at radius 1 is 1.39 bits per heavy atom. The Balaban J connectivity index is 2.11. The molecule has 0 aliphatic heterocycles. The second-order valence-corrected chi connectivity index (χ2v) is 5.14. The summed E-state index contributed by atoms with van der Waals surface area (Å²) >= 11 is 0. The predicted octanol–water partition coefficient (Wildman–Crippen LogP) is 1.42. The number of hydrogen-bond acceptors (Lipinski definition) is 4. The minimum atomic E-state index is 0.481. The highest BCUT2D eigenvalue weighted by Gasteiger charge is 2.10. The summed E-state index contributed by atoms with van der Waals surface area (Å²) in [6, 6.07) is 8.00. The molecule has 0 bridgehead atoms. The fraction of sp³-hybridized carbons (Fsp3) is 0.438. The van der Waals surface area contributed by atoms with Gasteiger partial charge in [0.05, 0.1) is 7.11 Å². The average molecular weight is 316 g/mol. The van der Waals surface area contributed by atoms with Gasteiger partial charge >= 0.3 is 0 Å². The van der Waals surface area contributed by atoms with E-state index in [1.807, 2.05) is 32.3 Å². The normalized spacial score (nSPS) is 11.4. The summed E-state index contributed by atoms with van der Waals surface area (Å²) < 4.78 is 7.14. The third-order valence-corrected chi connectivity index (χ3v) is 3.47. The summed E-state index contributed by atoms with van der Waals surface area (Å²) in [6.45, 7) is 4.03. The van der Waals surface area contributed by atoms with E-state index < -0.39 is 0 Å². The lowest BCUT2D eigenvalue weighted by molar-refractivity contribution is 0.396. The van der Waals surface area contributed by atoms with Crippen LogP contribution < -0.4 is 10.1 Å². The molecule has 0 fully saturated rings. The van der Waals surface area contributed by atoms with E-state index in [0.717, 1.165) is 29.6 Å². The van der Waals surface area contributed by atoms with Crippen molar-refractivity contribution in [3.8, 4) is 5.75 Å². The molecule has 0 aliphatic carbocycles. The van der Waals surface area contributed by atoms with Gasteiger partial charge in [0.2, 0.25) is 0 Å². The minimum absolute atomic E-state index is 0.481. The lowest BCUT2D eigenvalue weighted by Crippen LogP contribution is -2.38. The smallest absolute Gasteiger partial charge is 0.194 e. The number of guanidine groups is 1. The van der Waals surface area contributed by atoms with Crippen LogP contribution in [0.15, 0.2) is 35.6 Å². The summed E-state index contributed by atoms with van der Waals surface area (Å²) in [4.78, 5) is 10.9. The first kappa shape index (κ1) is 16.8. The van der Waals surface area contributed by atoms with Crippen LogP contribution in [0.5, 0.6) is 5.75 Å². The molecule has 0 unspecified atom stereocenters. The van der Waals surface area contributed by atoms with Crippen LogP contribution >= 0.6 is 0 Å². The van der Waals surface area contributed by atoms with Crippen molar-refractivity contribution in [1.82, 2.24) is 25.0 Å². The van der Waals surface area contributed by atoms with Crippen molar-refractivity contribution in [2.45, 2.75) is 20.0 Å². The molecule has 1 N–H and O–H groups in total. The van der Waals surface area contributed by atoms with Crippen molar-refractivity contribution < 1.29 is 4.74 Å². The number of benzene rings is 1. The number of nitrogens with zero attached hydrogens (tertiary/aromatic N) is 5. The van der Waals surface area contributed by atoms with Gasteiger partial charge in [-0.2, -0.15) is 5.10 Å². The van der Waals surface area contributed by atoms with Crippen molar-refractivity contribution in [2.75, 3.05) is 20.7 Å². The zero-order chi connectivity index (χ0) is 16.7. The van der Waals surface area contributed by atoms with Crippen LogP contribution in [0.3, 0.4) is 0 Å². The van der Waals surface area contributed by atoms with Gasteiger partial charge in [-0.1, -0.05) is 18.2 Å². The number of nitrogens with one attached hydrogen (secondary N) is 1. The zero-order valence-electron chi connectivity index (χ0n) is 14.2. The third kappa shape index (κ3) is 4.45. The molecule has 0 aliphatic rings. The van der Waals surface area contributed by atoms with Crippen LogP contribution in [0.1, 0.15) is 18.3 Å². The zero-order valence-corrected chi connectivity index (χ0v) is 14.2. The molecule has 124 valence electrons. The van der Waals surface area contributed by atoms with E-state index in [0.29, 0.717) is 13.1 Å². The summed E-state index contributed by atoms with van der Waals surface area (Å²) in [5.41, 5.74) is 1.11. The molecule has 0 amide bonds. The maximum absolute atomic E-state index is 5.41. The van der Waals surface area contributed by atoms with Gasteiger partial charge < -0.3 is 15.0 Å². The van der Waals surface area contributed by atoms with E-state index in [4.69, 9.17) is 4.74 Å². The predicted molar refractivity (Wildman–Crippen MR) is 90.3 cm³/mol. The molecule has 23 heavy (non-hydrogen) atoms. The van der Waals surface area contributed by atoms with Gasteiger partial charge in [-0.25, -0.2) is 9.98 Å². The molecule has 1 aromatic carbocycles. The standard InChI is InChI=1S/C16H24N6O/c1-5-17-16(18-10-15-19-12-20-22(15)3)21(2)11-13-8-6-7-9-14(13)23-4/h6-9,12H,5,10-11H2,1-4H3,(H,17,18). The largest absolute Gasteiger partial charge is 0.496 e. The number of methoxy groups -OCH3 is 1. The maximum Gasteiger partial charge on any atom is 0.194 e. The summed E-state index contributed by atoms with van der Waals surface area (Å²) in [5, 5.41) is 7.36. The number of para-hydroxylation sites is 1. The van der Waals surface area contributed by atoms with Crippen molar-refractivity contribution >= 4 is 5.96 Å². The second kappa shape index (κ2) is 8.17. The number of aliphatic imine (C=N–C) groups is 1. The minimum Gasteiger partial charge on any atom is -0.496 e. The first-order valence-corrected chi connectivity index (χ1v) is 7.60. The van der Waals surface area contributed by atoms with Crippen molar-refractivity contribution in [1.29, 1.82) is 0 Å². The molecule has 7 heteroatoms. The number of aromatic nitrogens is 3. The monoisotopic (exact) mass is 316 g/mol. The Hall–Kier alpha value is -2.57. The highest BCUT2D eigenvalue weighted by molar-refractivity contribution is 5.79. The van der Waals surface area contributed by atoms with Crippen LogP contribution in [-0.4, -0.2) is 46.3 Å². The molecule has 1 aromatic heterocycles. The van der Waals surface area contributed by atoms with Crippen LogP contribution in [0.4, 0.5) is 0 Å². The lowest BCUT2D eigenvalue weighted by Gasteiger charge is -2.23. The highest BCUT2D eigenvalue weighted by atomic mass is 16.5. The maximum atomic E-state index is 5.41. The van der Waals surface area contributed by atoms with E-state index >= 15 is 0 Å². The quantitative estimate of drug-likeness (QED) is 0.645. The van der Waals surface area contributed by atoms with Gasteiger partial charge in [0, 0.05) is 32.7 Å². The topological polar surface area (TPSA) is 67.6 Å². The SMILES string of the molecule is CCNC(=NCc1ncnn1C)N(C)Cc1ccccc1OC. The van der Waals surface area contributed by atoms with Gasteiger partial charge in [-0.05, 0) is 13.0 Å². The molecule has 0 spiro atoms. The second-order valence-electron chi connectivity index (χ2n) is 5.14. The van der Waals surface area contributed by atoms with Crippen LogP contribution in [0, 0.1) is 0 Å². The van der Waals surface area contributed by atoms with E-state index in [9.17, 15) is 0 Å². The van der Waals surface area contributed by atoms with Crippen LogP contribution in [-0.2, 0) is 20.1 Å². The van der Waals surface area contributed by atoms with Gasteiger partial charge in [-0.3, -0.25) is 4.68 Å². The average Bonchev–Trinajstić information content (AvgIpc) is 2.97. The van der Waals surface area contributed by atoms with Crippen LogP contribution in [0.2, 0.25) is 0 Å². The Morgan fingerprint density at radius 3 is 2.83 bits per heavy atom. The molecule has 0 atom stereocenters. The highest BCUT2D eigenvalue weighted by Crippen LogP contribution is 2.18. The van der Waals surface area contributed by atoms with Crippen molar-refractivity contribution in [3.63, 3.8) is 0 Å². The lowest BCUT2D eigenvalue weighted by atomic mass is 10.2. The number of aryl methyl sites for hydroxylation is 1. The Kier molecular flexibility index (Phi) is 5.96. The number of rotatable bonds is 6. The van der Waals surface area contributed by atoms with Gasteiger partial charge in [0.1, 0.15) is 24.4 Å². The van der Waals surface area contributed by atoms with Crippen LogP contribution in [0.25, 0.3) is 0 Å². The molecule has 7 nitrogen and oxygen atoms in total. The first-order chi connectivity index (χ1) is 11.2. The molecule has 0 saturated heterocycles. The van der Waals surface area contributed by atoms with Crippen molar-refractivity contribution in [2.24, 2.45) is 12.0 Å². The Labute approximate surface area is 137 Å². The molecular formula is C16H24N6O. The summed E-state index contributed by atoms with van der Waals surface area (Å²) in [6.07, 6.45) is 1.54. The van der Waals surface area contributed by atoms with Gasteiger partial charge in [-0.15, -0.1) is 0 Å². The molecule has 1 heterocycles. The fourth-order valence-corrected chi connectivity index (χ4v) is 2.24. The van der Waals surface area contributed by atoms with Gasteiger partial charge in [0.25, 0.3) is 0 Å². The first-order valence-electron chi connectivity index (χ1n) is 7.60. The molecule has 0 saturated carbocycles. The molecule has 0 radical (unpaired) electrons. The fourth-order valence-electron chi connectivity index (χ4n) is 2.24. The van der Waals surface area contributed by atoms with Crippen molar-refractivity contribution in [3.05, 3.63) is 42.0 Å². The summed E-state index contributed by atoms with van der Waals surface area (Å²) in [7, 11) is 5.56. The summed E-state index contributed by atoms with van der Waals surface area (Å²) in [5.74, 6) is 2.52. The van der Waals surface area contributed by atoms with E-state index in [2.05, 4.69) is 38.3 Å². The molecular weight excluding hydrogens is 292 g/mol.